The summed E-state index contributed by atoms with van der Waals surface area (Å²) >= 11 is 0. The van der Waals surface area contributed by atoms with Gasteiger partial charge in [-0.3, -0.25) is 5.41 Å². The molecule has 104 valence electrons. The average Bonchev–Trinajstić information content (AvgIpc) is 2.44. The van der Waals surface area contributed by atoms with Crippen molar-refractivity contribution in [2.45, 2.75) is 26.8 Å². The fourth-order valence-electron chi connectivity index (χ4n) is 2.45. The number of hydrogen-bond donors (Lipinski definition) is 1. The van der Waals surface area contributed by atoms with Crippen LogP contribution in [0, 0.1) is 11.3 Å². The minimum Gasteiger partial charge on any atom is -0.493 e. The fraction of sp³-hybridized carbons (Fsp3) is 0.533. The van der Waals surface area contributed by atoms with Gasteiger partial charge in [-0.1, -0.05) is 13.8 Å². The van der Waals surface area contributed by atoms with Gasteiger partial charge in [-0.05, 0) is 29.7 Å². The average molecular weight is 262 g/mol. The number of amidine groups is 1. The molecule has 0 unspecified atom stereocenters. The first kappa shape index (κ1) is 13.7. The lowest BCUT2D eigenvalue weighted by Gasteiger charge is -2.32. The molecule has 0 aliphatic carbocycles. The standard InChI is InChI=1S/C15H22N2O2/c1-10(2)15(16)17-6-5-11-7-13(18-3)14(19-4)8-12(11)9-17/h7-8,10,16H,5-6,9H2,1-4H3. The predicted octanol–water partition coefficient (Wildman–Crippen LogP) is 2.70. The molecular formula is C15H22N2O2. The number of ether oxygens (including phenoxy) is 2. The quantitative estimate of drug-likeness (QED) is 0.673. The van der Waals surface area contributed by atoms with E-state index in [2.05, 4.69) is 24.8 Å². The zero-order valence-electron chi connectivity index (χ0n) is 12.1. The van der Waals surface area contributed by atoms with Gasteiger partial charge in [-0.2, -0.15) is 0 Å². The molecule has 0 spiro atoms. The van der Waals surface area contributed by atoms with Crippen molar-refractivity contribution in [3.8, 4) is 11.5 Å². The van der Waals surface area contributed by atoms with Gasteiger partial charge in [0.05, 0.1) is 20.1 Å². The molecule has 2 rings (SSSR count). The molecule has 1 aliphatic rings. The van der Waals surface area contributed by atoms with E-state index < -0.39 is 0 Å². The number of methoxy groups -OCH3 is 2. The molecule has 1 N–H and O–H groups in total. The highest BCUT2D eigenvalue weighted by molar-refractivity contribution is 5.81. The monoisotopic (exact) mass is 262 g/mol. The number of hydrogen-bond acceptors (Lipinski definition) is 3. The molecule has 0 saturated carbocycles. The molecule has 4 heteroatoms. The van der Waals surface area contributed by atoms with E-state index in [-0.39, 0.29) is 5.92 Å². The van der Waals surface area contributed by atoms with Crippen LogP contribution >= 0.6 is 0 Å². The van der Waals surface area contributed by atoms with Gasteiger partial charge in [-0.25, -0.2) is 0 Å². The molecule has 0 amide bonds. The molecule has 0 bridgehead atoms. The summed E-state index contributed by atoms with van der Waals surface area (Å²) in [6.45, 7) is 5.81. The minimum atomic E-state index is 0.265. The summed E-state index contributed by atoms with van der Waals surface area (Å²) in [6.07, 6.45) is 0.949. The van der Waals surface area contributed by atoms with Crippen LogP contribution in [0.15, 0.2) is 12.1 Å². The van der Waals surface area contributed by atoms with Crippen molar-refractivity contribution in [3.05, 3.63) is 23.3 Å². The highest BCUT2D eigenvalue weighted by Crippen LogP contribution is 2.33. The Balaban J connectivity index is 2.27. The van der Waals surface area contributed by atoms with E-state index in [1.807, 2.05) is 6.07 Å². The van der Waals surface area contributed by atoms with E-state index >= 15 is 0 Å². The Kier molecular flexibility index (Phi) is 3.98. The van der Waals surface area contributed by atoms with E-state index in [1.54, 1.807) is 14.2 Å². The van der Waals surface area contributed by atoms with Crippen LogP contribution in [0.3, 0.4) is 0 Å². The first-order valence-corrected chi connectivity index (χ1v) is 6.64. The predicted molar refractivity (Wildman–Crippen MR) is 76.2 cm³/mol. The second-order valence-corrected chi connectivity index (χ2v) is 5.19. The van der Waals surface area contributed by atoms with Crippen molar-refractivity contribution in [1.82, 2.24) is 4.90 Å². The van der Waals surface area contributed by atoms with Crippen LogP contribution in [0.25, 0.3) is 0 Å². The second-order valence-electron chi connectivity index (χ2n) is 5.19. The van der Waals surface area contributed by atoms with Crippen molar-refractivity contribution in [3.63, 3.8) is 0 Å². The molecule has 19 heavy (non-hydrogen) atoms. The highest BCUT2D eigenvalue weighted by atomic mass is 16.5. The summed E-state index contributed by atoms with van der Waals surface area (Å²) < 4.78 is 10.7. The number of fused-ring (bicyclic) bond motifs is 1. The summed E-state index contributed by atoms with van der Waals surface area (Å²) in [5.74, 6) is 2.52. The summed E-state index contributed by atoms with van der Waals surface area (Å²) in [6, 6.07) is 4.10. The number of nitrogens with one attached hydrogen (secondary N) is 1. The number of nitrogens with zero attached hydrogens (tertiary/aromatic N) is 1. The lowest BCUT2D eigenvalue weighted by Crippen LogP contribution is -2.37. The van der Waals surface area contributed by atoms with Crippen molar-refractivity contribution in [2.24, 2.45) is 5.92 Å². The van der Waals surface area contributed by atoms with Crippen molar-refractivity contribution in [1.29, 1.82) is 5.41 Å². The van der Waals surface area contributed by atoms with Crippen LogP contribution in [-0.4, -0.2) is 31.5 Å². The van der Waals surface area contributed by atoms with Crippen LogP contribution in [0.1, 0.15) is 25.0 Å². The van der Waals surface area contributed by atoms with E-state index in [9.17, 15) is 0 Å². The van der Waals surface area contributed by atoms with E-state index in [4.69, 9.17) is 14.9 Å². The number of benzene rings is 1. The maximum Gasteiger partial charge on any atom is 0.161 e. The first-order chi connectivity index (χ1) is 9.06. The Morgan fingerprint density at radius 3 is 2.26 bits per heavy atom. The molecule has 1 aliphatic heterocycles. The largest absolute Gasteiger partial charge is 0.493 e. The normalized spacial score (nSPS) is 14.3. The summed E-state index contributed by atoms with van der Waals surface area (Å²) in [5, 5.41) is 8.13. The van der Waals surface area contributed by atoms with Crippen LogP contribution in [0.2, 0.25) is 0 Å². The molecule has 0 atom stereocenters. The van der Waals surface area contributed by atoms with Gasteiger partial charge in [0.25, 0.3) is 0 Å². The molecule has 1 heterocycles. The summed E-state index contributed by atoms with van der Waals surface area (Å²) in [7, 11) is 3.31. The van der Waals surface area contributed by atoms with Gasteiger partial charge in [0.15, 0.2) is 11.5 Å². The molecule has 4 nitrogen and oxygen atoms in total. The minimum absolute atomic E-state index is 0.265. The first-order valence-electron chi connectivity index (χ1n) is 6.64. The van der Waals surface area contributed by atoms with E-state index in [1.165, 1.54) is 11.1 Å². The van der Waals surface area contributed by atoms with Gasteiger partial charge in [0.2, 0.25) is 0 Å². The van der Waals surface area contributed by atoms with Gasteiger partial charge in [0.1, 0.15) is 0 Å². The van der Waals surface area contributed by atoms with Crippen LogP contribution < -0.4 is 9.47 Å². The van der Waals surface area contributed by atoms with Crippen LogP contribution in [0.4, 0.5) is 0 Å². The molecule has 1 aromatic rings. The molecular weight excluding hydrogens is 240 g/mol. The van der Waals surface area contributed by atoms with Gasteiger partial charge >= 0.3 is 0 Å². The van der Waals surface area contributed by atoms with Crippen molar-refractivity contribution in [2.75, 3.05) is 20.8 Å². The number of rotatable bonds is 3. The fourth-order valence-corrected chi connectivity index (χ4v) is 2.45. The van der Waals surface area contributed by atoms with Crippen molar-refractivity contribution < 1.29 is 9.47 Å². The topological polar surface area (TPSA) is 45.6 Å². The van der Waals surface area contributed by atoms with Gasteiger partial charge in [0, 0.05) is 19.0 Å². The van der Waals surface area contributed by atoms with E-state index in [0.29, 0.717) is 5.84 Å². The smallest absolute Gasteiger partial charge is 0.161 e. The molecule has 0 radical (unpaired) electrons. The third-order valence-corrected chi connectivity index (χ3v) is 3.61. The molecule has 0 aromatic heterocycles. The zero-order valence-corrected chi connectivity index (χ0v) is 12.1. The third-order valence-electron chi connectivity index (χ3n) is 3.61. The maximum absolute atomic E-state index is 8.13. The molecule has 0 saturated heterocycles. The Morgan fingerprint density at radius 2 is 1.74 bits per heavy atom. The maximum atomic E-state index is 8.13. The summed E-state index contributed by atoms with van der Waals surface area (Å²) in [5.41, 5.74) is 2.53. The Labute approximate surface area is 114 Å². The van der Waals surface area contributed by atoms with Gasteiger partial charge in [-0.15, -0.1) is 0 Å². The SMILES string of the molecule is COc1cc2c(cc1OC)CN(C(=N)C(C)C)CC2. The second kappa shape index (κ2) is 5.51. The third kappa shape index (κ3) is 2.67. The zero-order chi connectivity index (χ0) is 14.0. The lowest BCUT2D eigenvalue weighted by molar-refractivity contribution is 0.345. The van der Waals surface area contributed by atoms with Crippen molar-refractivity contribution >= 4 is 5.84 Å². The van der Waals surface area contributed by atoms with Crippen LogP contribution in [0.5, 0.6) is 11.5 Å². The summed E-state index contributed by atoms with van der Waals surface area (Å²) in [4.78, 5) is 2.14. The van der Waals surface area contributed by atoms with E-state index in [0.717, 1.165) is 31.0 Å². The Morgan fingerprint density at radius 1 is 1.16 bits per heavy atom. The molecule has 1 aromatic carbocycles. The molecule has 0 fully saturated rings. The highest BCUT2D eigenvalue weighted by Gasteiger charge is 2.22. The van der Waals surface area contributed by atoms with Gasteiger partial charge < -0.3 is 14.4 Å². The van der Waals surface area contributed by atoms with Crippen LogP contribution in [-0.2, 0) is 13.0 Å². The Hall–Kier alpha value is -1.71. The Bertz CT molecular complexity index is 483. The lowest BCUT2D eigenvalue weighted by atomic mass is 9.97.